The number of ether oxygens (including phenoxy) is 1. The second kappa shape index (κ2) is 7.97. The van der Waals surface area contributed by atoms with E-state index in [0.717, 1.165) is 0 Å². The predicted octanol–water partition coefficient (Wildman–Crippen LogP) is 3.85. The maximum absolute atomic E-state index is 11.9. The number of anilines is 1. The molecule has 0 aliphatic rings. The van der Waals surface area contributed by atoms with E-state index in [2.05, 4.69) is 36.5 Å². The SMILES string of the molecule is CC(C)C(CNc1nc(Cl)ncc1Br)NC(=O)OC(C)(C)C. The Morgan fingerprint density at radius 3 is 2.64 bits per heavy atom. The molecule has 0 fully saturated rings. The molecular weight excluding hydrogens is 372 g/mol. The van der Waals surface area contributed by atoms with Gasteiger partial charge in [-0.3, -0.25) is 0 Å². The summed E-state index contributed by atoms with van der Waals surface area (Å²) < 4.78 is 5.98. The standard InChI is InChI=1S/C14H22BrClN4O2/c1-8(2)10(19-13(21)22-14(3,4)5)7-17-11-9(15)6-18-12(16)20-11/h6,8,10H,7H2,1-5H3,(H,19,21)(H,17,18,20). The minimum Gasteiger partial charge on any atom is -0.444 e. The average Bonchev–Trinajstić information content (AvgIpc) is 2.35. The summed E-state index contributed by atoms with van der Waals surface area (Å²) in [6.07, 6.45) is 1.14. The largest absolute Gasteiger partial charge is 0.444 e. The molecule has 1 aromatic heterocycles. The number of carbonyl (C=O) groups excluding carboxylic acids is 1. The van der Waals surface area contributed by atoms with Gasteiger partial charge in [-0.25, -0.2) is 9.78 Å². The molecule has 22 heavy (non-hydrogen) atoms. The molecule has 2 N–H and O–H groups in total. The monoisotopic (exact) mass is 392 g/mol. The van der Waals surface area contributed by atoms with E-state index in [9.17, 15) is 4.79 Å². The molecule has 0 aliphatic carbocycles. The topological polar surface area (TPSA) is 76.1 Å². The van der Waals surface area contributed by atoms with Gasteiger partial charge in [0.2, 0.25) is 5.28 Å². The van der Waals surface area contributed by atoms with Crippen LogP contribution in [0.2, 0.25) is 5.28 Å². The van der Waals surface area contributed by atoms with Crippen molar-refractivity contribution in [2.24, 2.45) is 5.92 Å². The number of nitrogens with zero attached hydrogens (tertiary/aromatic N) is 2. The molecule has 1 rings (SSSR count). The zero-order valence-corrected chi connectivity index (χ0v) is 15.7. The number of amides is 1. The van der Waals surface area contributed by atoms with Crippen molar-refractivity contribution in [2.45, 2.75) is 46.3 Å². The molecule has 1 amide bonds. The van der Waals surface area contributed by atoms with Gasteiger partial charge in [0.1, 0.15) is 11.4 Å². The summed E-state index contributed by atoms with van der Waals surface area (Å²) in [5.41, 5.74) is -0.526. The van der Waals surface area contributed by atoms with E-state index in [1.807, 2.05) is 34.6 Å². The summed E-state index contributed by atoms with van der Waals surface area (Å²) in [5.74, 6) is 0.799. The highest BCUT2D eigenvalue weighted by Crippen LogP contribution is 2.20. The van der Waals surface area contributed by atoms with E-state index in [-0.39, 0.29) is 17.2 Å². The third-order valence-electron chi connectivity index (χ3n) is 2.71. The fourth-order valence-electron chi connectivity index (χ4n) is 1.59. The third kappa shape index (κ3) is 6.79. The van der Waals surface area contributed by atoms with Crippen molar-refractivity contribution in [3.05, 3.63) is 16.0 Å². The number of aromatic nitrogens is 2. The van der Waals surface area contributed by atoms with Gasteiger partial charge in [-0.15, -0.1) is 0 Å². The highest BCUT2D eigenvalue weighted by molar-refractivity contribution is 9.10. The molecule has 0 aliphatic heterocycles. The van der Waals surface area contributed by atoms with E-state index < -0.39 is 11.7 Å². The lowest BCUT2D eigenvalue weighted by Crippen LogP contribution is -2.45. The number of hydrogen-bond donors (Lipinski definition) is 2. The van der Waals surface area contributed by atoms with Gasteiger partial charge in [-0.2, -0.15) is 4.98 Å². The van der Waals surface area contributed by atoms with Gasteiger partial charge < -0.3 is 15.4 Å². The number of rotatable bonds is 5. The molecule has 1 aromatic rings. The fraction of sp³-hybridized carbons (Fsp3) is 0.643. The molecule has 0 spiro atoms. The smallest absolute Gasteiger partial charge is 0.407 e. The van der Waals surface area contributed by atoms with E-state index in [4.69, 9.17) is 16.3 Å². The van der Waals surface area contributed by atoms with Crippen LogP contribution >= 0.6 is 27.5 Å². The first-order chi connectivity index (χ1) is 10.1. The van der Waals surface area contributed by atoms with E-state index >= 15 is 0 Å². The van der Waals surface area contributed by atoms with Crippen LogP contribution in [0.5, 0.6) is 0 Å². The van der Waals surface area contributed by atoms with Crippen molar-refractivity contribution in [3.8, 4) is 0 Å². The Kier molecular flexibility index (Phi) is 6.87. The molecule has 1 atom stereocenters. The zero-order chi connectivity index (χ0) is 16.9. The van der Waals surface area contributed by atoms with Crippen LogP contribution in [0.4, 0.5) is 10.6 Å². The minimum atomic E-state index is -0.526. The molecule has 0 aromatic carbocycles. The van der Waals surface area contributed by atoms with Gasteiger partial charge in [-0.05, 0) is 54.2 Å². The Hall–Kier alpha value is -1.08. The van der Waals surface area contributed by atoms with Crippen LogP contribution in [-0.4, -0.2) is 34.2 Å². The van der Waals surface area contributed by atoms with Gasteiger partial charge in [0.25, 0.3) is 0 Å². The van der Waals surface area contributed by atoms with Gasteiger partial charge in [0.15, 0.2) is 0 Å². The average molecular weight is 394 g/mol. The van der Waals surface area contributed by atoms with E-state index in [0.29, 0.717) is 16.8 Å². The number of alkyl carbamates (subject to hydrolysis) is 1. The second-order valence-electron chi connectivity index (χ2n) is 6.21. The third-order valence-corrected chi connectivity index (χ3v) is 3.47. The first-order valence-corrected chi connectivity index (χ1v) is 8.17. The predicted molar refractivity (Wildman–Crippen MR) is 91.2 cm³/mol. The van der Waals surface area contributed by atoms with Crippen LogP contribution in [-0.2, 0) is 4.74 Å². The van der Waals surface area contributed by atoms with Crippen LogP contribution < -0.4 is 10.6 Å². The zero-order valence-electron chi connectivity index (χ0n) is 13.4. The van der Waals surface area contributed by atoms with Crippen molar-refractivity contribution >= 4 is 39.4 Å². The van der Waals surface area contributed by atoms with Gasteiger partial charge in [-0.1, -0.05) is 13.8 Å². The number of nitrogens with one attached hydrogen (secondary N) is 2. The number of halogens is 2. The molecule has 1 heterocycles. The van der Waals surface area contributed by atoms with Crippen molar-refractivity contribution in [1.29, 1.82) is 0 Å². The maximum Gasteiger partial charge on any atom is 0.407 e. The molecule has 0 bridgehead atoms. The quantitative estimate of drug-likeness (QED) is 0.743. The fourth-order valence-corrected chi connectivity index (χ4v) is 2.05. The maximum atomic E-state index is 11.9. The molecule has 0 saturated heterocycles. The van der Waals surface area contributed by atoms with Gasteiger partial charge in [0, 0.05) is 12.7 Å². The summed E-state index contributed by atoms with van der Waals surface area (Å²) in [6.45, 7) is 10.0. The molecule has 0 radical (unpaired) electrons. The van der Waals surface area contributed by atoms with Crippen LogP contribution in [0.25, 0.3) is 0 Å². The molecule has 6 nitrogen and oxygen atoms in total. The van der Waals surface area contributed by atoms with Crippen LogP contribution in [0.15, 0.2) is 10.7 Å². The van der Waals surface area contributed by atoms with E-state index in [1.165, 1.54) is 0 Å². The van der Waals surface area contributed by atoms with Crippen molar-refractivity contribution in [1.82, 2.24) is 15.3 Å². The Morgan fingerprint density at radius 1 is 1.45 bits per heavy atom. The second-order valence-corrected chi connectivity index (χ2v) is 7.41. The lowest BCUT2D eigenvalue weighted by atomic mass is 10.0. The van der Waals surface area contributed by atoms with Gasteiger partial charge in [0.05, 0.1) is 10.5 Å². The minimum absolute atomic E-state index is 0.115. The lowest BCUT2D eigenvalue weighted by molar-refractivity contribution is 0.0494. The number of hydrogen-bond acceptors (Lipinski definition) is 5. The van der Waals surface area contributed by atoms with Crippen molar-refractivity contribution in [2.75, 3.05) is 11.9 Å². The molecule has 0 saturated carbocycles. The molecule has 8 heteroatoms. The first-order valence-electron chi connectivity index (χ1n) is 7.00. The van der Waals surface area contributed by atoms with Crippen molar-refractivity contribution in [3.63, 3.8) is 0 Å². The Labute approximate surface area is 144 Å². The lowest BCUT2D eigenvalue weighted by Gasteiger charge is -2.26. The summed E-state index contributed by atoms with van der Waals surface area (Å²) in [7, 11) is 0. The molecular formula is C14H22BrClN4O2. The van der Waals surface area contributed by atoms with Crippen molar-refractivity contribution < 1.29 is 9.53 Å². The highest BCUT2D eigenvalue weighted by Gasteiger charge is 2.21. The Morgan fingerprint density at radius 2 is 2.09 bits per heavy atom. The molecule has 1 unspecified atom stereocenters. The van der Waals surface area contributed by atoms with Crippen LogP contribution in [0.3, 0.4) is 0 Å². The normalized spacial score (nSPS) is 12.9. The van der Waals surface area contributed by atoms with Crippen LogP contribution in [0.1, 0.15) is 34.6 Å². The van der Waals surface area contributed by atoms with Crippen LogP contribution in [0, 0.1) is 5.92 Å². The summed E-state index contributed by atoms with van der Waals surface area (Å²) in [6, 6.07) is -0.115. The Bertz CT molecular complexity index is 520. The highest BCUT2D eigenvalue weighted by atomic mass is 79.9. The van der Waals surface area contributed by atoms with Gasteiger partial charge >= 0.3 is 6.09 Å². The molecule has 124 valence electrons. The summed E-state index contributed by atoms with van der Waals surface area (Å²) in [4.78, 5) is 19.9. The number of carbonyl (C=O) groups is 1. The summed E-state index contributed by atoms with van der Waals surface area (Å²) >= 11 is 9.13. The summed E-state index contributed by atoms with van der Waals surface area (Å²) in [5, 5.41) is 6.17. The Balaban J connectivity index is 2.65. The van der Waals surface area contributed by atoms with E-state index in [1.54, 1.807) is 6.20 Å². The first kappa shape index (κ1) is 19.0.